The quantitative estimate of drug-likeness (QED) is 0.673. The molecule has 0 fully saturated rings. The SMILES string of the molecule is CCc1ccc(Cl)c(CC)c1NC(=O)NCC(O)c1ccccc1OC. The number of urea groups is 1. The number of benzene rings is 2. The van der Waals surface area contributed by atoms with E-state index in [1.54, 1.807) is 19.2 Å². The molecule has 2 rings (SSSR count). The molecule has 0 aliphatic rings. The molecule has 1 unspecified atom stereocenters. The number of hydrogen-bond acceptors (Lipinski definition) is 3. The van der Waals surface area contributed by atoms with E-state index < -0.39 is 6.10 Å². The van der Waals surface area contributed by atoms with Crippen molar-refractivity contribution in [3.8, 4) is 5.75 Å². The highest BCUT2D eigenvalue weighted by Gasteiger charge is 2.16. The molecule has 0 aromatic heterocycles. The van der Waals surface area contributed by atoms with Gasteiger partial charge in [-0.05, 0) is 36.1 Å². The molecule has 2 aromatic carbocycles. The second-order valence-electron chi connectivity index (χ2n) is 5.86. The lowest BCUT2D eigenvalue weighted by Crippen LogP contribution is -2.33. The molecule has 0 bridgehead atoms. The standard InChI is InChI=1S/C20H25ClN2O3/c1-4-13-10-11-16(21)14(5-2)19(13)23-20(25)22-12-17(24)15-8-6-7-9-18(15)26-3/h6-11,17,24H,4-5,12H2,1-3H3,(H2,22,23,25). The van der Waals surface area contributed by atoms with Crippen molar-refractivity contribution >= 4 is 23.3 Å². The van der Waals surface area contributed by atoms with Gasteiger partial charge < -0.3 is 20.5 Å². The van der Waals surface area contributed by atoms with Crippen LogP contribution >= 0.6 is 11.6 Å². The normalized spacial score (nSPS) is 11.7. The first-order chi connectivity index (χ1) is 12.5. The molecule has 2 amide bonds. The van der Waals surface area contributed by atoms with Crippen LogP contribution < -0.4 is 15.4 Å². The van der Waals surface area contributed by atoms with Crippen molar-refractivity contribution in [3.63, 3.8) is 0 Å². The summed E-state index contributed by atoms with van der Waals surface area (Å²) in [5.74, 6) is 0.582. The van der Waals surface area contributed by atoms with Gasteiger partial charge in [0.25, 0.3) is 0 Å². The second-order valence-corrected chi connectivity index (χ2v) is 6.27. The summed E-state index contributed by atoms with van der Waals surface area (Å²) in [4.78, 5) is 12.3. The van der Waals surface area contributed by atoms with Crippen LogP contribution in [0, 0.1) is 0 Å². The Bertz CT molecular complexity index is 765. The van der Waals surface area contributed by atoms with E-state index in [0.29, 0.717) is 22.8 Å². The molecule has 5 nitrogen and oxygen atoms in total. The van der Waals surface area contributed by atoms with E-state index in [1.165, 1.54) is 0 Å². The van der Waals surface area contributed by atoms with Crippen molar-refractivity contribution in [1.29, 1.82) is 0 Å². The Balaban J connectivity index is 2.07. The number of amides is 2. The molecule has 6 heteroatoms. The Labute approximate surface area is 159 Å². The smallest absolute Gasteiger partial charge is 0.319 e. The minimum Gasteiger partial charge on any atom is -0.496 e. The molecule has 0 heterocycles. The van der Waals surface area contributed by atoms with E-state index in [2.05, 4.69) is 10.6 Å². The van der Waals surface area contributed by atoms with Crippen molar-refractivity contribution in [1.82, 2.24) is 5.32 Å². The Morgan fingerprint density at radius 1 is 1.19 bits per heavy atom. The topological polar surface area (TPSA) is 70.6 Å². The van der Waals surface area contributed by atoms with Gasteiger partial charge in [0, 0.05) is 17.1 Å². The number of hydrogen-bond donors (Lipinski definition) is 3. The Kier molecular flexibility index (Phi) is 7.30. The third-order valence-electron chi connectivity index (χ3n) is 4.27. The first-order valence-electron chi connectivity index (χ1n) is 8.67. The van der Waals surface area contributed by atoms with Crippen molar-refractivity contribution < 1.29 is 14.6 Å². The molecule has 0 saturated carbocycles. The van der Waals surface area contributed by atoms with Crippen LogP contribution in [0.5, 0.6) is 5.75 Å². The second kappa shape index (κ2) is 9.46. The molecular weight excluding hydrogens is 352 g/mol. The summed E-state index contributed by atoms with van der Waals surface area (Å²) < 4.78 is 5.24. The third kappa shape index (κ3) is 4.68. The zero-order chi connectivity index (χ0) is 19.1. The largest absolute Gasteiger partial charge is 0.496 e. The lowest BCUT2D eigenvalue weighted by molar-refractivity contribution is 0.171. The van der Waals surface area contributed by atoms with Gasteiger partial charge in [-0.1, -0.05) is 49.7 Å². The fraction of sp³-hybridized carbons (Fsp3) is 0.350. The van der Waals surface area contributed by atoms with Crippen LogP contribution in [0.15, 0.2) is 36.4 Å². The van der Waals surface area contributed by atoms with Crippen molar-refractivity contribution in [2.75, 3.05) is 19.0 Å². The maximum atomic E-state index is 12.3. The summed E-state index contributed by atoms with van der Waals surface area (Å²) in [5.41, 5.74) is 3.30. The van der Waals surface area contributed by atoms with Crippen molar-refractivity contribution in [2.45, 2.75) is 32.8 Å². The van der Waals surface area contributed by atoms with E-state index in [1.807, 2.05) is 38.1 Å². The van der Waals surface area contributed by atoms with Crippen LogP contribution in [0.2, 0.25) is 5.02 Å². The maximum Gasteiger partial charge on any atom is 0.319 e. The monoisotopic (exact) mass is 376 g/mol. The number of aryl methyl sites for hydroxylation is 1. The van der Waals surface area contributed by atoms with Gasteiger partial charge in [0.15, 0.2) is 0 Å². The van der Waals surface area contributed by atoms with Gasteiger partial charge in [0.05, 0.1) is 18.9 Å². The highest BCUT2D eigenvalue weighted by Crippen LogP contribution is 2.29. The Hall–Kier alpha value is -2.24. The number of aliphatic hydroxyl groups excluding tert-OH is 1. The number of methoxy groups -OCH3 is 1. The predicted molar refractivity (Wildman–Crippen MR) is 105 cm³/mol. The minimum absolute atomic E-state index is 0.0652. The van der Waals surface area contributed by atoms with Crippen LogP contribution in [-0.4, -0.2) is 24.8 Å². The molecular formula is C20H25ClN2O3. The number of aliphatic hydroxyl groups is 1. The van der Waals surface area contributed by atoms with E-state index >= 15 is 0 Å². The lowest BCUT2D eigenvalue weighted by atomic mass is 10.0. The Morgan fingerprint density at radius 2 is 1.92 bits per heavy atom. The summed E-state index contributed by atoms with van der Waals surface area (Å²) in [7, 11) is 1.55. The van der Waals surface area contributed by atoms with Crippen LogP contribution in [-0.2, 0) is 12.8 Å². The van der Waals surface area contributed by atoms with E-state index in [0.717, 1.165) is 23.2 Å². The number of carbonyl (C=O) groups excluding carboxylic acids is 1. The number of nitrogens with one attached hydrogen (secondary N) is 2. The van der Waals surface area contributed by atoms with Crippen LogP contribution in [0.1, 0.15) is 36.6 Å². The molecule has 0 spiro atoms. The summed E-state index contributed by atoms with van der Waals surface area (Å²) in [5, 5.41) is 16.6. The molecule has 0 aliphatic heterocycles. The summed E-state index contributed by atoms with van der Waals surface area (Å²) in [6.07, 6.45) is 0.628. The molecule has 1 atom stereocenters. The maximum absolute atomic E-state index is 12.3. The lowest BCUT2D eigenvalue weighted by Gasteiger charge is -2.18. The zero-order valence-electron chi connectivity index (χ0n) is 15.3. The van der Waals surface area contributed by atoms with Crippen LogP contribution in [0.4, 0.5) is 10.5 Å². The zero-order valence-corrected chi connectivity index (χ0v) is 16.1. The van der Waals surface area contributed by atoms with Gasteiger partial charge in [0.1, 0.15) is 5.75 Å². The van der Waals surface area contributed by atoms with E-state index in [9.17, 15) is 9.90 Å². The molecule has 0 radical (unpaired) electrons. The van der Waals surface area contributed by atoms with E-state index in [-0.39, 0.29) is 12.6 Å². The first kappa shape index (κ1) is 20.1. The Morgan fingerprint density at radius 3 is 2.58 bits per heavy atom. The summed E-state index contributed by atoms with van der Waals surface area (Å²) in [6, 6.07) is 10.6. The summed E-state index contributed by atoms with van der Waals surface area (Å²) in [6.45, 7) is 4.09. The molecule has 26 heavy (non-hydrogen) atoms. The molecule has 2 aromatic rings. The number of ether oxygens (including phenoxy) is 1. The van der Waals surface area contributed by atoms with Gasteiger partial charge in [-0.15, -0.1) is 0 Å². The van der Waals surface area contributed by atoms with Crippen LogP contribution in [0.25, 0.3) is 0 Å². The molecule has 0 saturated heterocycles. The van der Waals surface area contributed by atoms with Crippen molar-refractivity contribution in [3.05, 3.63) is 58.1 Å². The average Bonchev–Trinajstić information content (AvgIpc) is 2.66. The number of rotatable bonds is 7. The highest BCUT2D eigenvalue weighted by atomic mass is 35.5. The fourth-order valence-electron chi connectivity index (χ4n) is 2.87. The van der Waals surface area contributed by atoms with E-state index in [4.69, 9.17) is 16.3 Å². The van der Waals surface area contributed by atoms with Gasteiger partial charge in [-0.3, -0.25) is 0 Å². The fourth-order valence-corrected chi connectivity index (χ4v) is 3.16. The average molecular weight is 377 g/mol. The summed E-state index contributed by atoms with van der Waals surface area (Å²) >= 11 is 6.26. The number of halogens is 1. The van der Waals surface area contributed by atoms with Crippen molar-refractivity contribution in [2.24, 2.45) is 0 Å². The molecule has 3 N–H and O–H groups in total. The molecule has 140 valence electrons. The van der Waals surface area contributed by atoms with Gasteiger partial charge in [0.2, 0.25) is 0 Å². The number of para-hydroxylation sites is 1. The number of carbonyl (C=O) groups is 1. The third-order valence-corrected chi connectivity index (χ3v) is 4.62. The predicted octanol–water partition coefficient (Wildman–Crippen LogP) is 4.33. The van der Waals surface area contributed by atoms with Gasteiger partial charge in [-0.2, -0.15) is 0 Å². The van der Waals surface area contributed by atoms with Gasteiger partial charge >= 0.3 is 6.03 Å². The van der Waals surface area contributed by atoms with Gasteiger partial charge in [-0.25, -0.2) is 4.79 Å². The minimum atomic E-state index is -0.868. The molecule has 0 aliphatic carbocycles. The highest BCUT2D eigenvalue weighted by molar-refractivity contribution is 6.31. The first-order valence-corrected chi connectivity index (χ1v) is 9.05. The van der Waals surface area contributed by atoms with Crippen LogP contribution in [0.3, 0.4) is 0 Å². The number of anilines is 1.